The zero-order valence-electron chi connectivity index (χ0n) is 14.4. The Labute approximate surface area is 138 Å². The van der Waals surface area contributed by atoms with Crippen molar-refractivity contribution in [1.82, 2.24) is 9.88 Å². The number of carbonyl (C=O) groups excluding carboxylic acids is 1. The first-order chi connectivity index (χ1) is 11.0. The van der Waals surface area contributed by atoms with Crippen LogP contribution in [0.4, 0.5) is 0 Å². The highest BCUT2D eigenvalue weighted by Gasteiger charge is 2.25. The van der Waals surface area contributed by atoms with Crippen molar-refractivity contribution in [2.24, 2.45) is 12.5 Å². The molecular formula is C19H28N2O2. The summed E-state index contributed by atoms with van der Waals surface area (Å²) in [7, 11) is 2.03. The molecule has 1 aromatic heterocycles. The monoisotopic (exact) mass is 316 g/mol. The van der Waals surface area contributed by atoms with Crippen LogP contribution >= 0.6 is 0 Å². The number of aromatic nitrogens is 1. The quantitative estimate of drug-likeness (QED) is 0.786. The first-order valence-electron chi connectivity index (χ1n) is 8.45. The van der Waals surface area contributed by atoms with E-state index in [4.69, 9.17) is 0 Å². The molecule has 126 valence electrons. The van der Waals surface area contributed by atoms with Crippen molar-refractivity contribution >= 4 is 16.8 Å². The van der Waals surface area contributed by atoms with E-state index < -0.39 is 0 Å². The number of benzene rings is 1. The van der Waals surface area contributed by atoms with Crippen molar-refractivity contribution in [3.63, 3.8) is 0 Å². The smallest absolute Gasteiger partial charge is 0.220 e. The van der Waals surface area contributed by atoms with Gasteiger partial charge in [-0.25, -0.2) is 0 Å². The largest absolute Gasteiger partial charge is 0.396 e. The lowest BCUT2D eigenvalue weighted by Gasteiger charge is -2.29. The summed E-state index contributed by atoms with van der Waals surface area (Å²) in [5, 5.41) is 13.8. The van der Waals surface area contributed by atoms with E-state index in [9.17, 15) is 9.90 Å². The number of nitrogens with zero attached hydrogens (tertiary/aromatic N) is 1. The van der Waals surface area contributed by atoms with Gasteiger partial charge in [-0.15, -0.1) is 0 Å². The Morgan fingerprint density at radius 3 is 2.61 bits per heavy atom. The lowest BCUT2D eigenvalue weighted by Crippen LogP contribution is -2.39. The minimum absolute atomic E-state index is 0.0534. The average molecular weight is 316 g/mol. The van der Waals surface area contributed by atoms with Crippen LogP contribution in [0.3, 0.4) is 0 Å². The Balaban J connectivity index is 1.94. The number of carbonyl (C=O) groups is 1. The van der Waals surface area contributed by atoms with Crippen LogP contribution in [-0.2, 0) is 18.3 Å². The molecule has 4 nitrogen and oxygen atoms in total. The molecule has 0 aliphatic heterocycles. The van der Waals surface area contributed by atoms with Gasteiger partial charge < -0.3 is 15.0 Å². The van der Waals surface area contributed by atoms with Crippen molar-refractivity contribution < 1.29 is 9.90 Å². The molecule has 2 rings (SSSR count). The molecule has 4 heteroatoms. The van der Waals surface area contributed by atoms with Gasteiger partial charge in [-0.2, -0.15) is 0 Å². The molecule has 0 saturated heterocycles. The molecule has 0 bridgehead atoms. The molecule has 0 radical (unpaired) electrons. The Morgan fingerprint density at radius 1 is 1.26 bits per heavy atom. The Bertz CT molecular complexity index is 648. The number of fused-ring (bicyclic) bond motifs is 1. The first-order valence-corrected chi connectivity index (χ1v) is 8.45. The summed E-state index contributed by atoms with van der Waals surface area (Å²) in [5.41, 5.74) is 2.21. The second kappa shape index (κ2) is 7.64. The summed E-state index contributed by atoms with van der Waals surface area (Å²) < 4.78 is 2.10. The Morgan fingerprint density at radius 2 is 1.96 bits per heavy atom. The van der Waals surface area contributed by atoms with Gasteiger partial charge in [-0.3, -0.25) is 4.79 Å². The zero-order valence-corrected chi connectivity index (χ0v) is 14.4. The van der Waals surface area contributed by atoms with E-state index in [1.807, 2.05) is 19.2 Å². The number of aliphatic hydroxyl groups excluding tert-OH is 1. The number of hydrogen-bond acceptors (Lipinski definition) is 2. The van der Waals surface area contributed by atoms with E-state index in [0.29, 0.717) is 13.0 Å². The summed E-state index contributed by atoms with van der Waals surface area (Å²) in [5.74, 6) is 0.0534. The van der Waals surface area contributed by atoms with Crippen molar-refractivity contribution in [3.8, 4) is 0 Å². The molecule has 0 aliphatic rings. The van der Waals surface area contributed by atoms with Gasteiger partial charge in [0, 0.05) is 42.5 Å². The Kier molecular flexibility index (Phi) is 5.83. The van der Waals surface area contributed by atoms with Gasteiger partial charge in [0.25, 0.3) is 0 Å². The molecule has 1 amide bonds. The van der Waals surface area contributed by atoms with Crippen molar-refractivity contribution in [3.05, 3.63) is 36.0 Å². The third-order valence-corrected chi connectivity index (χ3v) is 5.10. The highest BCUT2D eigenvalue weighted by atomic mass is 16.3. The minimum atomic E-state index is -0.185. The summed E-state index contributed by atoms with van der Waals surface area (Å²) in [6.45, 7) is 4.78. The van der Waals surface area contributed by atoms with Gasteiger partial charge in [0.05, 0.1) is 6.61 Å². The van der Waals surface area contributed by atoms with Gasteiger partial charge in [0.1, 0.15) is 0 Å². The topological polar surface area (TPSA) is 54.3 Å². The molecule has 0 atom stereocenters. The number of rotatable bonds is 8. The minimum Gasteiger partial charge on any atom is -0.396 e. The normalized spacial score (nSPS) is 11.8. The number of nitrogens with one attached hydrogen (secondary N) is 1. The molecular weight excluding hydrogens is 288 g/mol. The highest BCUT2D eigenvalue weighted by Crippen LogP contribution is 2.24. The summed E-state index contributed by atoms with van der Waals surface area (Å²) in [6.07, 6.45) is 5.04. The molecule has 0 fully saturated rings. The number of hydrogen-bond donors (Lipinski definition) is 2. The van der Waals surface area contributed by atoms with E-state index in [0.717, 1.165) is 19.3 Å². The zero-order chi connectivity index (χ0) is 16.9. The molecule has 2 aromatic rings. The van der Waals surface area contributed by atoms with Crippen LogP contribution in [0, 0.1) is 5.41 Å². The molecule has 0 saturated carbocycles. The van der Waals surface area contributed by atoms with Gasteiger partial charge in [-0.1, -0.05) is 32.0 Å². The summed E-state index contributed by atoms with van der Waals surface area (Å²) in [6, 6.07) is 8.26. The average Bonchev–Trinajstić information content (AvgIpc) is 2.91. The highest BCUT2D eigenvalue weighted by molar-refractivity contribution is 5.84. The van der Waals surface area contributed by atoms with Crippen LogP contribution in [0.5, 0.6) is 0 Å². The van der Waals surface area contributed by atoms with Gasteiger partial charge in [0.2, 0.25) is 5.91 Å². The molecule has 0 aliphatic carbocycles. The Hall–Kier alpha value is -1.81. The number of para-hydroxylation sites is 1. The molecule has 0 spiro atoms. The number of aryl methyl sites for hydroxylation is 2. The second-order valence-electron chi connectivity index (χ2n) is 6.42. The van der Waals surface area contributed by atoms with E-state index in [1.165, 1.54) is 16.5 Å². The third kappa shape index (κ3) is 3.94. The van der Waals surface area contributed by atoms with Crippen molar-refractivity contribution in [2.75, 3.05) is 13.2 Å². The lowest BCUT2D eigenvalue weighted by atomic mass is 9.83. The van der Waals surface area contributed by atoms with Crippen LogP contribution in [0.2, 0.25) is 0 Å². The van der Waals surface area contributed by atoms with E-state index in [2.05, 4.69) is 42.1 Å². The maximum absolute atomic E-state index is 12.2. The van der Waals surface area contributed by atoms with Crippen LogP contribution in [0.1, 0.15) is 38.7 Å². The van der Waals surface area contributed by atoms with Crippen molar-refractivity contribution in [1.29, 1.82) is 0 Å². The standard InChI is InChI=1S/C19H28N2O2/c1-4-19(5-2,14-22)13-20-18(23)11-10-15-12-21(3)17-9-7-6-8-16(15)17/h6-9,12,22H,4-5,10-11,13-14H2,1-3H3,(H,20,23). The summed E-state index contributed by atoms with van der Waals surface area (Å²) in [4.78, 5) is 12.2. The lowest BCUT2D eigenvalue weighted by molar-refractivity contribution is -0.121. The van der Waals surface area contributed by atoms with Crippen LogP contribution in [0.25, 0.3) is 10.9 Å². The maximum Gasteiger partial charge on any atom is 0.220 e. The van der Waals surface area contributed by atoms with Gasteiger partial charge in [-0.05, 0) is 30.9 Å². The molecule has 1 aromatic carbocycles. The molecule has 1 heterocycles. The first kappa shape index (κ1) is 17.5. The fourth-order valence-corrected chi connectivity index (χ4v) is 3.03. The van der Waals surface area contributed by atoms with Crippen molar-refractivity contribution in [2.45, 2.75) is 39.5 Å². The summed E-state index contributed by atoms with van der Waals surface area (Å²) >= 11 is 0. The predicted octanol–water partition coefficient (Wildman–Crippen LogP) is 3.03. The fraction of sp³-hybridized carbons (Fsp3) is 0.526. The van der Waals surface area contributed by atoms with Gasteiger partial charge >= 0.3 is 0 Å². The van der Waals surface area contributed by atoms with E-state index in [1.54, 1.807) is 0 Å². The SMILES string of the molecule is CCC(CC)(CO)CNC(=O)CCc1cn(C)c2ccccc12. The van der Waals surface area contributed by atoms with Crippen LogP contribution in [-0.4, -0.2) is 28.7 Å². The second-order valence-corrected chi connectivity index (χ2v) is 6.42. The number of aliphatic hydroxyl groups is 1. The third-order valence-electron chi connectivity index (χ3n) is 5.10. The fourth-order valence-electron chi connectivity index (χ4n) is 3.03. The molecule has 0 unspecified atom stereocenters. The van der Waals surface area contributed by atoms with Gasteiger partial charge in [0.15, 0.2) is 0 Å². The van der Waals surface area contributed by atoms with Crippen LogP contribution < -0.4 is 5.32 Å². The number of amides is 1. The van der Waals surface area contributed by atoms with E-state index in [-0.39, 0.29) is 17.9 Å². The predicted molar refractivity (Wildman–Crippen MR) is 94.4 cm³/mol. The maximum atomic E-state index is 12.2. The molecule has 2 N–H and O–H groups in total. The van der Waals surface area contributed by atoms with E-state index >= 15 is 0 Å². The molecule has 23 heavy (non-hydrogen) atoms. The van der Waals surface area contributed by atoms with Crippen LogP contribution in [0.15, 0.2) is 30.5 Å².